The summed E-state index contributed by atoms with van der Waals surface area (Å²) in [5.41, 5.74) is 10.5. The normalized spacial score (nSPS) is 15.2. The Labute approximate surface area is 188 Å². The molecule has 31 heavy (non-hydrogen) atoms. The van der Waals surface area contributed by atoms with Crippen LogP contribution in [0.4, 0.5) is 17.1 Å². The maximum absolute atomic E-state index is 4.35. The molecule has 0 radical (unpaired) electrons. The fraction of sp³-hybridized carbons (Fsp3) is 0.111. The standard InChI is InChI=1S/C27H25N3S/c1-3-29-23-16-10-11-17-25(23)31-26-19-20(2)18-24(27(26)29)30(22-14-8-5-9-15-22)28-21-12-6-4-7-13-21/h4-18,28H,2-3,19H2,1H3. The lowest BCUT2D eigenvalue weighted by molar-refractivity contribution is 0.888. The van der Waals surface area contributed by atoms with Gasteiger partial charge in [0.15, 0.2) is 0 Å². The van der Waals surface area contributed by atoms with Crippen molar-refractivity contribution >= 4 is 28.8 Å². The molecule has 0 bridgehead atoms. The van der Waals surface area contributed by atoms with Crippen molar-refractivity contribution in [2.45, 2.75) is 18.2 Å². The van der Waals surface area contributed by atoms with Crippen LogP contribution in [-0.4, -0.2) is 6.54 Å². The summed E-state index contributed by atoms with van der Waals surface area (Å²) in [6.45, 7) is 7.46. The molecule has 0 atom stereocenters. The van der Waals surface area contributed by atoms with E-state index in [0.29, 0.717) is 0 Å². The molecule has 0 spiro atoms. The van der Waals surface area contributed by atoms with Gasteiger partial charge in [0.05, 0.1) is 28.5 Å². The smallest absolute Gasteiger partial charge is 0.0878 e. The Morgan fingerprint density at radius 2 is 1.61 bits per heavy atom. The van der Waals surface area contributed by atoms with Crippen LogP contribution in [-0.2, 0) is 0 Å². The fourth-order valence-electron chi connectivity index (χ4n) is 4.12. The van der Waals surface area contributed by atoms with E-state index in [9.17, 15) is 0 Å². The fourth-order valence-corrected chi connectivity index (χ4v) is 5.38. The molecule has 3 aromatic rings. The van der Waals surface area contributed by atoms with Crippen LogP contribution in [0.1, 0.15) is 13.3 Å². The minimum atomic E-state index is 0.877. The number of anilines is 3. The number of allylic oxidation sites excluding steroid dienone is 3. The van der Waals surface area contributed by atoms with Gasteiger partial charge in [-0.05, 0) is 55.0 Å². The van der Waals surface area contributed by atoms with Gasteiger partial charge in [-0.3, -0.25) is 10.4 Å². The number of hydrogen-bond acceptors (Lipinski definition) is 4. The highest BCUT2D eigenvalue weighted by atomic mass is 32.2. The number of benzene rings is 3. The molecule has 0 aromatic heterocycles. The Kier molecular flexibility index (Phi) is 5.31. The van der Waals surface area contributed by atoms with Crippen LogP contribution in [0.25, 0.3) is 0 Å². The molecule has 3 nitrogen and oxygen atoms in total. The Morgan fingerprint density at radius 3 is 2.35 bits per heavy atom. The van der Waals surface area contributed by atoms with Crippen molar-refractivity contribution in [2.24, 2.45) is 0 Å². The Morgan fingerprint density at radius 1 is 0.935 bits per heavy atom. The van der Waals surface area contributed by atoms with Crippen LogP contribution in [0, 0.1) is 0 Å². The van der Waals surface area contributed by atoms with Gasteiger partial charge in [-0.25, -0.2) is 0 Å². The zero-order valence-electron chi connectivity index (χ0n) is 17.6. The van der Waals surface area contributed by atoms with Crippen molar-refractivity contribution in [3.8, 4) is 0 Å². The second kappa shape index (κ2) is 8.40. The Balaban J connectivity index is 1.64. The highest BCUT2D eigenvalue weighted by molar-refractivity contribution is 8.03. The maximum atomic E-state index is 4.35. The Hall–Kier alpha value is -3.37. The van der Waals surface area contributed by atoms with Gasteiger partial charge in [0.2, 0.25) is 0 Å². The largest absolute Gasteiger partial charge is 0.338 e. The number of rotatable bonds is 5. The zero-order valence-corrected chi connectivity index (χ0v) is 18.4. The van der Waals surface area contributed by atoms with E-state index in [-0.39, 0.29) is 0 Å². The minimum Gasteiger partial charge on any atom is -0.338 e. The third kappa shape index (κ3) is 3.75. The number of fused-ring (bicyclic) bond motifs is 1. The molecule has 2 aliphatic rings. The van der Waals surface area contributed by atoms with E-state index in [0.717, 1.165) is 35.6 Å². The summed E-state index contributed by atoms with van der Waals surface area (Å²) < 4.78 is 0. The summed E-state index contributed by atoms with van der Waals surface area (Å²) in [7, 11) is 0. The predicted molar refractivity (Wildman–Crippen MR) is 133 cm³/mol. The SMILES string of the molecule is C=C1C=C(N(Nc2ccccc2)c2ccccc2)C2=C(C1)Sc1ccccc1N2CC. The van der Waals surface area contributed by atoms with E-state index in [2.05, 4.69) is 108 Å². The third-order valence-corrected chi connectivity index (χ3v) is 6.63. The lowest BCUT2D eigenvalue weighted by Crippen LogP contribution is -2.38. The van der Waals surface area contributed by atoms with Gasteiger partial charge < -0.3 is 4.90 Å². The molecule has 0 saturated heterocycles. The Bertz CT molecular complexity index is 1170. The number of nitrogens with zero attached hydrogens (tertiary/aromatic N) is 2. The molecule has 1 aliphatic carbocycles. The second-order valence-electron chi connectivity index (χ2n) is 7.60. The number of hydrazine groups is 1. The molecular weight excluding hydrogens is 398 g/mol. The summed E-state index contributed by atoms with van der Waals surface area (Å²) in [5, 5.41) is 2.19. The van der Waals surface area contributed by atoms with Crippen molar-refractivity contribution in [3.63, 3.8) is 0 Å². The lowest BCUT2D eigenvalue weighted by atomic mass is 10.0. The van der Waals surface area contributed by atoms with Gasteiger partial charge in [0, 0.05) is 22.8 Å². The van der Waals surface area contributed by atoms with Crippen molar-refractivity contribution in [1.29, 1.82) is 0 Å². The highest BCUT2D eigenvalue weighted by Crippen LogP contribution is 2.50. The summed E-state index contributed by atoms with van der Waals surface area (Å²) in [6, 6.07) is 29.4. The van der Waals surface area contributed by atoms with Gasteiger partial charge in [-0.15, -0.1) is 0 Å². The van der Waals surface area contributed by atoms with Gasteiger partial charge in [-0.1, -0.05) is 66.9 Å². The van der Waals surface area contributed by atoms with Crippen LogP contribution in [0.2, 0.25) is 0 Å². The average Bonchev–Trinajstić information content (AvgIpc) is 2.82. The van der Waals surface area contributed by atoms with Crippen LogP contribution < -0.4 is 15.3 Å². The molecule has 5 rings (SSSR count). The van der Waals surface area contributed by atoms with Crippen molar-refractivity contribution in [3.05, 3.63) is 119 Å². The first-order valence-electron chi connectivity index (χ1n) is 10.6. The number of para-hydroxylation sites is 3. The first-order valence-corrected chi connectivity index (χ1v) is 11.4. The van der Waals surface area contributed by atoms with Crippen molar-refractivity contribution in [2.75, 3.05) is 21.9 Å². The molecule has 1 heterocycles. The minimum absolute atomic E-state index is 0.877. The first kappa shape index (κ1) is 19.6. The molecule has 0 unspecified atom stereocenters. The summed E-state index contributed by atoms with van der Waals surface area (Å²) in [6.07, 6.45) is 3.10. The van der Waals surface area contributed by atoms with E-state index in [4.69, 9.17) is 0 Å². The second-order valence-corrected chi connectivity index (χ2v) is 8.74. The van der Waals surface area contributed by atoms with Gasteiger partial charge in [0.1, 0.15) is 0 Å². The van der Waals surface area contributed by atoms with E-state index >= 15 is 0 Å². The first-order chi connectivity index (χ1) is 15.2. The van der Waals surface area contributed by atoms with E-state index in [1.807, 2.05) is 23.9 Å². The van der Waals surface area contributed by atoms with Gasteiger partial charge in [0.25, 0.3) is 0 Å². The summed E-state index contributed by atoms with van der Waals surface area (Å²) in [4.78, 5) is 5.08. The molecular formula is C27H25N3S. The van der Waals surface area contributed by atoms with E-state index in [1.54, 1.807) is 0 Å². The lowest BCUT2D eigenvalue weighted by Gasteiger charge is -2.41. The highest BCUT2D eigenvalue weighted by Gasteiger charge is 2.32. The molecule has 154 valence electrons. The molecule has 1 aliphatic heterocycles. The summed E-state index contributed by atoms with van der Waals surface area (Å²) in [5.74, 6) is 0. The monoisotopic (exact) mass is 423 g/mol. The molecule has 0 amide bonds. The zero-order chi connectivity index (χ0) is 21.2. The number of hydrogen-bond donors (Lipinski definition) is 1. The average molecular weight is 424 g/mol. The van der Waals surface area contributed by atoms with E-state index in [1.165, 1.54) is 21.2 Å². The van der Waals surface area contributed by atoms with Crippen LogP contribution in [0.5, 0.6) is 0 Å². The van der Waals surface area contributed by atoms with Crippen molar-refractivity contribution in [1.82, 2.24) is 0 Å². The van der Waals surface area contributed by atoms with Gasteiger partial charge in [-0.2, -0.15) is 0 Å². The molecule has 1 N–H and O–H groups in total. The van der Waals surface area contributed by atoms with E-state index < -0.39 is 0 Å². The third-order valence-electron chi connectivity index (χ3n) is 5.48. The van der Waals surface area contributed by atoms with Crippen LogP contribution >= 0.6 is 11.8 Å². The number of thioether (sulfide) groups is 1. The maximum Gasteiger partial charge on any atom is 0.0878 e. The van der Waals surface area contributed by atoms with Crippen LogP contribution in [0.3, 0.4) is 0 Å². The molecule has 3 aromatic carbocycles. The van der Waals surface area contributed by atoms with Crippen molar-refractivity contribution < 1.29 is 0 Å². The van der Waals surface area contributed by atoms with Gasteiger partial charge >= 0.3 is 0 Å². The quantitative estimate of drug-likeness (QED) is 0.437. The summed E-state index contributed by atoms with van der Waals surface area (Å²) >= 11 is 1.87. The predicted octanol–water partition coefficient (Wildman–Crippen LogP) is 7.21. The number of likely N-dealkylation sites (N-methyl/N-ethyl adjacent to an activating group) is 1. The van der Waals surface area contributed by atoms with Crippen LogP contribution in [0.15, 0.2) is 124 Å². The molecule has 0 saturated carbocycles. The molecule has 4 heteroatoms. The molecule has 0 fully saturated rings. The topological polar surface area (TPSA) is 18.5 Å². The number of nitrogens with one attached hydrogen (secondary N) is 1.